The number of rotatable bonds is 4. The number of nitrogens with zero attached hydrogens (tertiary/aromatic N) is 1. The second-order valence-corrected chi connectivity index (χ2v) is 7.23. The lowest BCUT2D eigenvalue weighted by atomic mass is 9.95. The van der Waals surface area contributed by atoms with Gasteiger partial charge in [0.05, 0.1) is 11.3 Å². The Morgan fingerprint density at radius 1 is 1.40 bits per heavy atom. The molecule has 20 heavy (non-hydrogen) atoms. The summed E-state index contributed by atoms with van der Waals surface area (Å²) in [6, 6.07) is 6.95. The first-order chi connectivity index (χ1) is 9.36. The first-order valence-corrected chi connectivity index (χ1v) is 8.40. The fourth-order valence-corrected chi connectivity index (χ4v) is 3.90. The fraction of sp³-hybridized carbons (Fsp3) is 0.571. The Labute approximate surface area is 120 Å². The highest BCUT2D eigenvalue weighted by Crippen LogP contribution is 2.30. The van der Waals surface area contributed by atoms with E-state index in [1.54, 1.807) is 32.0 Å². The van der Waals surface area contributed by atoms with E-state index in [1.807, 2.05) is 11.0 Å². The Bertz CT molecular complexity index is 570. The third-order valence-corrected chi connectivity index (χ3v) is 5.10. The molecular formula is C14H22N2O3S. The van der Waals surface area contributed by atoms with Crippen molar-refractivity contribution in [2.24, 2.45) is 0 Å². The van der Waals surface area contributed by atoms with Crippen molar-refractivity contribution in [3.05, 3.63) is 24.3 Å². The number of benzene rings is 1. The number of nitrogens with one attached hydrogen (secondary N) is 1. The Morgan fingerprint density at radius 2 is 2.10 bits per heavy atom. The van der Waals surface area contributed by atoms with Gasteiger partial charge < -0.3 is 10.0 Å². The summed E-state index contributed by atoms with van der Waals surface area (Å²) in [6.45, 7) is 5.11. The lowest BCUT2D eigenvalue weighted by molar-refractivity contribution is 0.0448. The predicted octanol–water partition coefficient (Wildman–Crippen LogP) is 1.34. The molecule has 1 aliphatic heterocycles. The predicted molar refractivity (Wildman–Crippen MR) is 79.4 cm³/mol. The molecule has 0 aliphatic carbocycles. The lowest BCUT2D eigenvalue weighted by Gasteiger charge is -2.38. The quantitative estimate of drug-likeness (QED) is 0.880. The second kappa shape index (κ2) is 5.71. The Kier molecular flexibility index (Phi) is 4.36. The molecule has 1 aromatic rings. The molecule has 0 saturated carbocycles. The van der Waals surface area contributed by atoms with E-state index >= 15 is 0 Å². The summed E-state index contributed by atoms with van der Waals surface area (Å²) >= 11 is 0. The summed E-state index contributed by atoms with van der Waals surface area (Å²) in [5.74, 6) is 0. The molecule has 0 radical (unpaired) electrons. The minimum absolute atomic E-state index is 0.277. The first kappa shape index (κ1) is 15.3. The van der Waals surface area contributed by atoms with Crippen LogP contribution in [0.1, 0.15) is 26.7 Å². The molecule has 1 atom stereocenters. The third-order valence-electron chi connectivity index (χ3n) is 3.50. The average molecular weight is 298 g/mol. The van der Waals surface area contributed by atoms with Crippen LogP contribution in [-0.4, -0.2) is 38.8 Å². The van der Waals surface area contributed by atoms with E-state index in [4.69, 9.17) is 0 Å². The number of piperidine rings is 1. The van der Waals surface area contributed by atoms with Gasteiger partial charge in [-0.3, -0.25) is 0 Å². The highest BCUT2D eigenvalue weighted by molar-refractivity contribution is 7.89. The number of aliphatic hydroxyl groups is 1. The molecule has 112 valence electrons. The minimum Gasteiger partial charge on any atom is -0.388 e. The molecule has 1 heterocycles. The van der Waals surface area contributed by atoms with Crippen LogP contribution >= 0.6 is 0 Å². The smallest absolute Gasteiger partial charge is 0.242 e. The summed E-state index contributed by atoms with van der Waals surface area (Å²) in [7, 11) is -3.50. The van der Waals surface area contributed by atoms with Gasteiger partial charge in [0.15, 0.2) is 0 Å². The Hall–Kier alpha value is -1.11. The molecule has 1 saturated heterocycles. The van der Waals surface area contributed by atoms with E-state index in [1.165, 1.54) is 0 Å². The van der Waals surface area contributed by atoms with Crippen LogP contribution in [0.3, 0.4) is 0 Å². The standard InChI is InChI=1S/C14H22N2O3S/c1-3-15-20(18,19)13-8-5-4-7-12(13)16-10-6-9-14(2,17)11-16/h4-5,7-8,15,17H,3,6,9-11H2,1-2H3. The molecule has 1 unspecified atom stereocenters. The molecule has 0 aromatic heterocycles. The van der Waals surface area contributed by atoms with E-state index < -0.39 is 15.6 Å². The third kappa shape index (κ3) is 3.31. The van der Waals surface area contributed by atoms with Crippen molar-refractivity contribution < 1.29 is 13.5 Å². The summed E-state index contributed by atoms with van der Waals surface area (Å²) < 4.78 is 27.0. The van der Waals surface area contributed by atoms with Gasteiger partial charge in [0, 0.05) is 19.6 Å². The Morgan fingerprint density at radius 3 is 2.75 bits per heavy atom. The average Bonchev–Trinajstić information content (AvgIpc) is 2.37. The maximum absolute atomic E-state index is 12.3. The van der Waals surface area contributed by atoms with E-state index in [0.717, 1.165) is 19.4 Å². The van der Waals surface area contributed by atoms with Crippen molar-refractivity contribution in [3.8, 4) is 0 Å². The maximum atomic E-state index is 12.3. The minimum atomic E-state index is -3.50. The normalized spacial score (nSPS) is 23.9. The molecule has 1 aliphatic rings. The molecule has 0 spiro atoms. The van der Waals surface area contributed by atoms with E-state index in [9.17, 15) is 13.5 Å². The number of sulfonamides is 1. The van der Waals surface area contributed by atoms with Gasteiger partial charge >= 0.3 is 0 Å². The van der Waals surface area contributed by atoms with Crippen molar-refractivity contribution in [2.75, 3.05) is 24.5 Å². The lowest BCUT2D eigenvalue weighted by Crippen LogP contribution is -2.46. The number of hydrogen-bond acceptors (Lipinski definition) is 4. The van der Waals surface area contributed by atoms with Crippen LogP contribution in [-0.2, 0) is 10.0 Å². The molecular weight excluding hydrogens is 276 g/mol. The van der Waals surface area contributed by atoms with Crippen LogP contribution in [0.25, 0.3) is 0 Å². The van der Waals surface area contributed by atoms with Crippen LogP contribution in [0.4, 0.5) is 5.69 Å². The largest absolute Gasteiger partial charge is 0.388 e. The van der Waals surface area contributed by atoms with E-state index in [0.29, 0.717) is 18.8 Å². The summed E-state index contributed by atoms with van der Waals surface area (Å²) in [4.78, 5) is 2.23. The summed E-state index contributed by atoms with van der Waals surface area (Å²) in [5, 5.41) is 10.2. The van der Waals surface area contributed by atoms with Crippen LogP contribution in [0, 0.1) is 0 Å². The molecule has 5 nitrogen and oxygen atoms in total. The number of para-hydroxylation sites is 1. The first-order valence-electron chi connectivity index (χ1n) is 6.92. The molecule has 6 heteroatoms. The van der Waals surface area contributed by atoms with Crippen molar-refractivity contribution >= 4 is 15.7 Å². The Balaban J connectivity index is 2.38. The van der Waals surface area contributed by atoms with Crippen molar-refractivity contribution in [2.45, 2.75) is 37.2 Å². The molecule has 0 amide bonds. The maximum Gasteiger partial charge on any atom is 0.242 e. The number of β-amino-alcohol motifs (C(OH)–C–C–N with tert-alkyl or cyclic N) is 1. The fourth-order valence-electron chi connectivity index (χ4n) is 2.64. The molecule has 1 aromatic carbocycles. The summed E-state index contributed by atoms with van der Waals surface area (Å²) in [6.07, 6.45) is 1.59. The SMILES string of the molecule is CCNS(=O)(=O)c1ccccc1N1CCCC(C)(O)C1. The van der Waals surface area contributed by atoms with Gasteiger partial charge in [0.25, 0.3) is 0 Å². The monoisotopic (exact) mass is 298 g/mol. The van der Waals surface area contributed by atoms with Crippen molar-refractivity contribution in [3.63, 3.8) is 0 Å². The molecule has 2 N–H and O–H groups in total. The molecule has 2 rings (SSSR count). The van der Waals surface area contributed by atoms with E-state index in [2.05, 4.69) is 4.72 Å². The zero-order valence-electron chi connectivity index (χ0n) is 12.0. The van der Waals surface area contributed by atoms with Gasteiger partial charge in [-0.1, -0.05) is 19.1 Å². The molecule has 0 bridgehead atoms. The highest BCUT2D eigenvalue weighted by atomic mass is 32.2. The van der Waals surface area contributed by atoms with Gasteiger partial charge in [0.2, 0.25) is 10.0 Å². The van der Waals surface area contributed by atoms with Crippen LogP contribution in [0.2, 0.25) is 0 Å². The second-order valence-electron chi connectivity index (χ2n) is 5.49. The number of hydrogen-bond donors (Lipinski definition) is 2. The van der Waals surface area contributed by atoms with Gasteiger partial charge in [-0.15, -0.1) is 0 Å². The van der Waals surface area contributed by atoms with Gasteiger partial charge in [-0.05, 0) is 31.9 Å². The van der Waals surface area contributed by atoms with Gasteiger partial charge in [-0.25, -0.2) is 13.1 Å². The topological polar surface area (TPSA) is 69.6 Å². The van der Waals surface area contributed by atoms with Crippen LogP contribution in [0.5, 0.6) is 0 Å². The molecule has 1 fully saturated rings. The van der Waals surface area contributed by atoms with Gasteiger partial charge in [0.1, 0.15) is 4.90 Å². The number of anilines is 1. The zero-order valence-corrected chi connectivity index (χ0v) is 12.8. The van der Waals surface area contributed by atoms with Crippen molar-refractivity contribution in [1.82, 2.24) is 4.72 Å². The highest BCUT2D eigenvalue weighted by Gasteiger charge is 2.31. The van der Waals surface area contributed by atoms with Crippen molar-refractivity contribution in [1.29, 1.82) is 0 Å². The van der Waals surface area contributed by atoms with Crippen LogP contribution in [0.15, 0.2) is 29.2 Å². The zero-order chi connectivity index (χ0) is 14.8. The summed E-state index contributed by atoms with van der Waals surface area (Å²) in [5.41, 5.74) is -0.110. The van der Waals surface area contributed by atoms with E-state index in [-0.39, 0.29) is 4.90 Å². The van der Waals surface area contributed by atoms with Crippen LogP contribution < -0.4 is 9.62 Å². The van der Waals surface area contributed by atoms with Gasteiger partial charge in [-0.2, -0.15) is 0 Å².